The summed E-state index contributed by atoms with van der Waals surface area (Å²) in [6.07, 6.45) is 3.41. The lowest BCUT2D eigenvalue weighted by Gasteiger charge is -2.11. The first kappa shape index (κ1) is 22.6. The SMILES string of the molecule is O=C(CNc1cc(-c2cn[nH]c2)nc(NCc2cccc(Cl)c2)n1)NCc1ccc(Cl)cc1. The maximum Gasteiger partial charge on any atom is 0.239 e. The van der Waals surface area contributed by atoms with E-state index < -0.39 is 0 Å². The second kappa shape index (κ2) is 10.8. The molecule has 0 fully saturated rings. The number of rotatable bonds is 9. The van der Waals surface area contributed by atoms with Crippen molar-refractivity contribution in [2.45, 2.75) is 13.1 Å². The number of anilines is 2. The molecule has 0 aliphatic heterocycles. The molecule has 8 nitrogen and oxygen atoms in total. The summed E-state index contributed by atoms with van der Waals surface area (Å²) in [4.78, 5) is 21.4. The molecule has 0 aliphatic rings. The monoisotopic (exact) mass is 481 g/mol. The van der Waals surface area contributed by atoms with Gasteiger partial charge < -0.3 is 16.0 Å². The molecule has 168 valence electrons. The number of amides is 1. The lowest BCUT2D eigenvalue weighted by Crippen LogP contribution is -2.29. The van der Waals surface area contributed by atoms with Crippen molar-refractivity contribution < 1.29 is 4.79 Å². The van der Waals surface area contributed by atoms with Gasteiger partial charge in [0.1, 0.15) is 5.82 Å². The van der Waals surface area contributed by atoms with Crippen LogP contribution >= 0.6 is 23.2 Å². The lowest BCUT2D eigenvalue weighted by atomic mass is 10.2. The van der Waals surface area contributed by atoms with Crippen LogP contribution in [0.3, 0.4) is 0 Å². The quantitative estimate of drug-likeness (QED) is 0.280. The third-order valence-electron chi connectivity index (χ3n) is 4.69. The minimum absolute atomic E-state index is 0.0587. The van der Waals surface area contributed by atoms with Gasteiger partial charge in [-0.15, -0.1) is 0 Å². The summed E-state index contributed by atoms with van der Waals surface area (Å²) < 4.78 is 0. The first-order valence-electron chi connectivity index (χ1n) is 10.2. The van der Waals surface area contributed by atoms with Crippen molar-refractivity contribution in [3.8, 4) is 11.3 Å². The van der Waals surface area contributed by atoms with Crippen LogP contribution in [-0.2, 0) is 17.9 Å². The Bertz CT molecular complexity index is 1210. The van der Waals surface area contributed by atoms with Gasteiger partial charge in [0.05, 0.1) is 18.4 Å². The summed E-state index contributed by atoms with van der Waals surface area (Å²) in [6, 6.07) is 16.6. The number of carbonyl (C=O) groups excluding carboxylic acids is 1. The van der Waals surface area contributed by atoms with Gasteiger partial charge in [0.25, 0.3) is 0 Å². The zero-order valence-corrected chi connectivity index (χ0v) is 19.0. The van der Waals surface area contributed by atoms with E-state index in [1.165, 1.54) is 0 Å². The maximum absolute atomic E-state index is 12.3. The molecule has 0 aliphatic carbocycles. The normalized spacial score (nSPS) is 10.6. The average Bonchev–Trinajstić information content (AvgIpc) is 3.36. The molecule has 4 rings (SSSR count). The van der Waals surface area contributed by atoms with E-state index in [4.69, 9.17) is 23.2 Å². The Hall–Kier alpha value is -3.62. The van der Waals surface area contributed by atoms with Crippen LogP contribution < -0.4 is 16.0 Å². The Balaban J connectivity index is 1.41. The minimum atomic E-state index is -0.165. The molecular formula is C23H21Cl2N7O. The largest absolute Gasteiger partial charge is 0.361 e. The van der Waals surface area contributed by atoms with Gasteiger partial charge in [-0.1, -0.05) is 47.5 Å². The fourth-order valence-electron chi connectivity index (χ4n) is 3.02. The summed E-state index contributed by atoms with van der Waals surface area (Å²) >= 11 is 12.0. The van der Waals surface area contributed by atoms with Crippen molar-refractivity contribution >= 4 is 40.9 Å². The Morgan fingerprint density at radius 1 is 0.909 bits per heavy atom. The van der Waals surface area contributed by atoms with Crippen LogP contribution in [-0.4, -0.2) is 32.6 Å². The fraction of sp³-hybridized carbons (Fsp3) is 0.130. The van der Waals surface area contributed by atoms with Gasteiger partial charge in [0.15, 0.2) is 0 Å². The summed E-state index contributed by atoms with van der Waals surface area (Å²) in [5.41, 5.74) is 3.43. The van der Waals surface area contributed by atoms with Gasteiger partial charge in [0.2, 0.25) is 11.9 Å². The Labute approximate surface area is 200 Å². The van der Waals surface area contributed by atoms with E-state index in [0.717, 1.165) is 16.7 Å². The number of carbonyl (C=O) groups is 1. The van der Waals surface area contributed by atoms with Gasteiger partial charge in [-0.2, -0.15) is 10.1 Å². The predicted molar refractivity (Wildman–Crippen MR) is 130 cm³/mol. The molecule has 33 heavy (non-hydrogen) atoms. The molecule has 2 heterocycles. The summed E-state index contributed by atoms with van der Waals surface area (Å²) in [5, 5.41) is 17.2. The zero-order chi connectivity index (χ0) is 23.0. The van der Waals surface area contributed by atoms with E-state index in [1.54, 1.807) is 30.6 Å². The van der Waals surface area contributed by atoms with Crippen LogP contribution in [0.1, 0.15) is 11.1 Å². The summed E-state index contributed by atoms with van der Waals surface area (Å²) in [7, 11) is 0. The maximum atomic E-state index is 12.3. The Kier molecular flexibility index (Phi) is 7.39. The van der Waals surface area contributed by atoms with Crippen molar-refractivity contribution in [2.75, 3.05) is 17.2 Å². The van der Waals surface area contributed by atoms with Crippen molar-refractivity contribution in [1.82, 2.24) is 25.5 Å². The van der Waals surface area contributed by atoms with Crippen molar-refractivity contribution in [1.29, 1.82) is 0 Å². The van der Waals surface area contributed by atoms with Crippen molar-refractivity contribution in [3.63, 3.8) is 0 Å². The van der Waals surface area contributed by atoms with Crippen LogP contribution in [0.25, 0.3) is 11.3 Å². The van der Waals surface area contributed by atoms with Gasteiger partial charge >= 0.3 is 0 Å². The molecule has 10 heteroatoms. The fourth-order valence-corrected chi connectivity index (χ4v) is 3.36. The molecule has 0 bridgehead atoms. The van der Waals surface area contributed by atoms with Crippen LogP contribution in [0, 0.1) is 0 Å². The highest BCUT2D eigenvalue weighted by Crippen LogP contribution is 2.21. The average molecular weight is 482 g/mol. The van der Waals surface area contributed by atoms with Gasteiger partial charge in [0, 0.05) is 41.0 Å². The molecule has 0 spiro atoms. The number of benzene rings is 2. The number of H-pyrrole nitrogens is 1. The van der Waals surface area contributed by atoms with E-state index >= 15 is 0 Å². The molecule has 0 saturated carbocycles. The molecule has 4 N–H and O–H groups in total. The molecular weight excluding hydrogens is 461 g/mol. The van der Waals surface area contributed by atoms with Crippen molar-refractivity contribution in [2.24, 2.45) is 0 Å². The van der Waals surface area contributed by atoms with E-state index in [1.807, 2.05) is 36.4 Å². The number of nitrogens with zero attached hydrogens (tertiary/aromatic N) is 3. The summed E-state index contributed by atoms with van der Waals surface area (Å²) in [6.45, 7) is 0.966. The first-order valence-corrected chi connectivity index (χ1v) is 10.9. The van der Waals surface area contributed by atoms with E-state index in [9.17, 15) is 4.79 Å². The van der Waals surface area contributed by atoms with E-state index in [0.29, 0.717) is 40.6 Å². The Morgan fingerprint density at radius 3 is 2.52 bits per heavy atom. The summed E-state index contributed by atoms with van der Waals surface area (Å²) in [5.74, 6) is 0.760. The van der Waals surface area contributed by atoms with Gasteiger partial charge in [-0.25, -0.2) is 4.98 Å². The van der Waals surface area contributed by atoms with Gasteiger partial charge in [-0.05, 0) is 35.4 Å². The predicted octanol–water partition coefficient (Wildman–Crippen LogP) is 4.51. The number of nitrogens with one attached hydrogen (secondary N) is 4. The van der Waals surface area contributed by atoms with Crippen molar-refractivity contribution in [3.05, 3.63) is 88.2 Å². The third-order valence-corrected chi connectivity index (χ3v) is 5.18. The standard InChI is InChI=1S/C23H21Cl2N7O/c24-18-6-4-15(5-7-18)10-27-22(33)14-26-21-9-20(17-12-29-30-13-17)31-23(32-21)28-11-16-2-1-3-19(25)8-16/h1-9,12-13H,10-11,14H2,(H,27,33)(H,29,30)(H2,26,28,31,32). The lowest BCUT2D eigenvalue weighted by molar-refractivity contribution is -0.119. The van der Waals surface area contributed by atoms with Gasteiger partial charge in [-0.3, -0.25) is 9.89 Å². The molecule has 2 aromatic heterocycles. The van der Waals surface area contributed by atoms with Crippen LogP contribution in [0.4, 0.5) is 11.8 Å². The van der Waals surface area contributed by atoms with Crippen LogP contribution in [0.15, 0.2) is 67.0 Å². The number of aromatic amines is 1. The number of hydrogen-bond donors (Lipinski definition) is 4. The number of aromatic nitrogens is 4. The highest BCUT2D eigenvalue weighted by Gasteiger charge is 2.10. The highest BCUT2D eigenvalue weighted by molar-refractivity contribution is 6.30. The molecule has 0 saturated heterocycles. The molecule has 0 radical (unpaired) electrons. The second-order valence-corrected chi connectivity index (χ2v) is 8.06. The first-order chi connectivity index (χ1) is 16.0. The molecule has 0 unspecified atom stereocenters. The molecule has 1 amide bonds. The third kappa shape index (κ3) is 6.68. The number of halogens is 2. The topological polar surface area (TPSA) is 108 Å². The molecule has 0 atom stereocenters. The smallest absolute Gasteiger partial charge is 0.239 e. The van der Waals surface area contributed by atoms with E-state index in [2.05, 4.69) is 36.1 Å². The number of hydrogen-bond acceptors (Lipinski definition) is 6. The Morgan fingerprint density at radius 2 is 1.76 bits per heavy atom. The van der Waals surface area contributed by atoms with E-state index in [-0.39, 0.29) is 12.5 Å². The minimum Gasteiger partial charge on any atom is -0.361 e. The van der Waals surface area contributed by atoms with Crippen LogP contribution in [0.2, 0.25) is 10.0 Å². The van der Waals surface area contributed by atoms with Crippen LogP contribution in [0.5, 0.6) is 0 Å². The second-order valence-electron chi connectivity index (χ2n) is 7.19. The molecule has 2 aromatic carbocycles. The zero-order valence-electron chi connectivity index (χ0n) is 17.5. The highest BCUT2D eigenvalue weighted by atomic mass is 35.5. The molecule has 4 aromatic rings.